The van der Waals surface area contributed by atoms with Gasteiger partial charge in [-0.2, -0.15) is 0 Å². The monoisotopic (exact) mass is 228 g/mol. The van der Waals surface area contributed by atoms with Crippen molar-refractivity contribution >= 4 is 16.9 Å². The molecule has 17 heavy (non-hydrogen) atoms. The number of nitrogens with zero attached hydrogens (tertiary/aromatic N) is 2. The van der Waals surface area contributed by atoms with Gasteiger partial charge in [-0.25, -0.2) is 9.97 Å². The van der Waals surface area contributed by atoms with Gasteiger partial charge in [-0.05, 0) is 32.0 Å². The Bertz CT molecular complexity index is 532. The van der Waals surface area contributed by atoms with E-state index in [2.05, 4.69) is 21.4 Å². The maximum absolute atomic E-state index is 5.79. The molecule has 1 fully saturated rings. The number of piperidine rings is 1. The molecule has 1 aliphatic rings. The minimum absolute atomic E-state index is 0.386. The molecule has 2 aromatic rings. The van der Waals surface area contributed by atoms with Crippen LogP contribution in [0, 0.1) is 0 Å². The van der Waals surface area contributed by atoms with E-state index in [1.807, 2.05) is 18.2 Å². The van der Waals surface area contributed by atoms with Crippen molar-refractivity contribution in [3.63, 3.8) is 0 Å². The van der Waals surface area contributed by atoms with E-state index < -0.39 is 0 Å². The maximum atomic E-state index is 5.79. The number of hydrogen-bond acceptors (Lipinski definition) is 4. The van der Waals surface area contributed by atoms with Gasteiger partial charge in [0, 0.05) is 11.3 Å². The number of fused-ring (bicyclic) bond motifs is 1. The zero-order valence-corrected chi connectivity index (χ0v) is 9.69. The summed E-state index contributed by atoms with van der Waals surface area (Å²) in [6.45, 7) is 2.12. The van der Waals surface area contributed by atoms with Crippen molar-refractivity contribution in [1.29, 1.82) is 0 Å². The van der Waals surface area contributed by atoms with E-state index in [0.717, 1.165) is 42.5 Å². The first-order valence-electron chi connectivity index (χ1n) is 6.07. The Balaban J connectivity index is 2.13. The molecule has 1 aromatic heterocycles. The molecule has 0 bridgehead atoms. The number of nitrogen functional groups attached to an aromatic ring is 1. The van der Waals surface area contributed by atoms with Crippen LogP contribution in [0.4, 0.5) is 5.95 Å². The summed E-state index contributed by atoms with van der Waals surface area (Å²) in [5.41, 5.74) is 7.87. The average molecular weight is 228 g/mol. The number of anilines is 1. The summed E-state index contributed by atoms with van der Waals surface area (Å²) in [6.07, 6.45) is 2.25. The maximum Gasteiger partial charge on any atom is 0.220 e. The SMILES string of the molecule is Nc1nc(C2CCNCC2)c2ccccc2n1. The fourth-order valence-electron chi connectivity index (χ4n) is 2.53. The van der Waals surface area contributed by atoms with Gasteiger partial charge in [0.2, 0.25) is 5.95 Å². The van der Waals surface area contributed by atoms with Gasteiger partial charge in [0.1, 0.15) is 0 Å². The molecule has 0 amide bonds. The molecule has 2 heterocycles. The van der Waals surface area contributed by atoms with Gasteiger partial charge >= 0.3 is 0 Å². The van der Waals surface area contributed by atoms with Crippen molar-refractivity contribution in [2.45, 2.75) is 18.8 Å². The molecule has 0 atom stereocenters. The molecule has 3 N–H and O–H groups in total. The first kappa shape index (κ1) is 10.5. The van der Waals surface area contributed by atoms with E-state index >= 15 is 0 Å². The normalized spacial score (nSPS) is 17.4. The number of nitrogens with two attached hydrogens (primary N) is 1. The van der Waals surface area contributed by atoms with Crippen LogP contribution >= 0.6 is 0 Å². The smallest absolute Gasteiger partial charge is 0.220 e. The third kappa shape index (κ3) is 1.96. The lowest BCUT2D eigenvalue weighted by Crippen LogP contribution is -2.27. The minimum atomic E-state index is 0.386. The van der Waals surface area contributed by atoms with Crippen LogP contribution in [0.3, 0.4) is 0 Å². The molecular weight excluding hydrogens is 212 g/mol. The highest BCUT2D eigenvalue weighted by Crippen LogP contribution is 2.29. The van der Waals surface area contributed by atoms with Crippen molar-refractivity contribution in [3.8, 4) is 0 Å². The molecule has 4 nitrogen and oxygen atoms in total. The van der Waals surface area contributed by atoms with Crippen molar-refractivity contribution in [1.82, 2.24) is 15.3 Å². The van der Waals surface area contributed by atoms with Gasteiger partial charge < -0.3 is 11.1 Å². The molecule has 0 radical (unpaired) electrons. The third-order valence-electron chi connectivity index (χ3n) is 3.38. The number of hydrogen-bond donors (Lipinski definition) is 2. The topological polar surface area (TPSA) is 63.8 Å². The Morgan fingerprint density at radius 1 is 1.12 bits per heavy atom. The Kier molecular flexibility index (Phi) is 2.65. The Hall–Kier alpha value is -1.68. The molecule has 3 rings (SSSR count). The van der Waals surface area contributed by atoms with Gasteiger partial charge in [0.15, 0.2) is 0 Å². The zero-order chi connectivity index (χ0) is 11.7. The van der Waals surface area contributed by atoms with E-state index in [0.29, 0.717) is 11.9 Å². The van der Waals surface area contributed by atoms with Gasteiger partial charge in [0.25, 0.3) is 0 Å². The summed E-state index contributed by atoms with van der Waals surface area (Å²) in [4.78, 5) is 8.75. The second-order valence-corrected chi connectivity index (χ2v) is 4.51. The summed E-state index contributed by atoms with van der Waals surface area (Å²) in [5.74, 6) is 0.892. The second-order valence-electron chi connectivity index (χ2n) is 4.51. The van der Waals surface area contributed by atoms with Crippen LogP contribution < -0.4 is 11.1 Å². The van der Waals surface area contributed by atoms with Crippen LogP contribution in [0.1, 0.15) is 24.5 Å². The van der Waals surface area contributed by atoms with Gasteiger partial charge in [0.05, 0.1) is 11.2 Å². The van der Waals surface area contributed by atoms with Crippen LogP contribution in [0.2, 0.25) is 0 Å². The number of benzene rings is 1. The second kappa shape index (κ2) is 4.30. The largest absolute Gasteiger partial charge is 0.368 e. The summed E-state index contributed by atoms with van der Waals surface area (Å²) in [7, 11) is 0. The van der Waals surface area contributed by atoms with Gasteiger partial charge in [-0.15, -0.1) is 0 Å². The highest BCUT2D eigenvalue weighted by Gasteiger charge is 2.19. The number of rotatable bonds is 1. The zero-order valence-electron chi connectivity index (χ0n) is 9.69. The lowest BCUT2D eigenvalue weighted by molar-refractivity contribution is 0.455. The van der Waals surface area contributed by atoms with Crippen molar-refractivity contribution in [2.24, 2.45) is 0 Å². The number of aromatic nitrogens is 2. The molecular formula is C13H16N4. The molecule has 0 saturated carbocycles. The summed E-state index contributed by atoms with van der Waals surface area (Å²) >= 11 is 0. The quantitative estimate of drug-likeness (QED) is 0.779. The van der Waals surface area contributed by atoms with E-state index in [9.17, 15) is 0 Å². The molecule has 4 heteroatoms. The van der Waals surface area contributed by atoms with Crippen LogP contribution in [0.25, 0.3) is 10.9 Å². The molecule has 88 valence electrons. The summed E-state index contributed by atoms with van der Waals surface area (Å²) in [5, 5.41) is 4.52. The Morgan fingerprint density at radius 2 is 1.88 bits per heavy atom. The number of para-hydroxylation sites is 1. The molecule has 0 spiro atoms. The van der Waals surface area contributed by atoms with Crippen LogP contribution in [-0.2, 0) is 0 Å². The van der Waals surface area contributed by atoms with E-state index in [4.69, 9.17) is 5.73 Å². The fraction of sp³-hybridized carbons (Fsp3) is 0.385. The molecule has 1 saturated heterocycles. The Labute approximate surface area is 100 Å². The van der Waals surface area contributed by atoms with Crippen molar-refractivity contribution < 1.29 is 0 Å². The summed E-state index contributed by atoms with van der Waals surface area (Å²) < 4.78 is 0. The minimum Gasteiger partial charge on any atom is -0.368 e. The first-order valence-corrected chi connectivity index (χ1v) is 6.07. The number of nitrogens with one attached hydrogen (secondary N) is 1. The van der Waals surface area contributed by atoms with E-state index in [1.54, 1.807) is 0 Å². The third-order valence-corrected chi connectivity index (χ3v) is 3.38. The predicted molar refractivity (Wildman–Crippen MR) is 68.8 cm³/mol. The molecule has 1 aliphatic heterocycles. The highest BCUT2D eigenvalue weighted by molar-refractivity contribution is 5.82. The van der Waals surface area contributed by atoms with Crippen LogP contribution in [-0.4, -0.2) is 23.1 Å². The van der Waals surface area contributed by atoms with Crippen LogP contribution in [0.15, 0.2) is 24.3 Å². The van der Waals surface area contributed by atoms with Crippen LogP contribution in [0.5, 0.6) is 0 Å². The fourth-order valence-corrected chi connectivity index (χ4v) is 2.53. The first-order chi connectivity index (χ1) is 8.34. The lowest BCUT2D eigenvalue weighted by Gasteiger charge is -2.23. The van der Waals surface area contributed by atoms with Gasteiger partial charge in [-0.3, -0.25) is 0 Å². The average Bonchev–Trinajstić information content (AvgIpc) is 2.39. The Morgan fingerprint density at radius 3 is 2.71 bits per heavy atom. The molecule has 1 aromatic carbocycles. The van der Waals surface area contributed by atoms with Gasteiger partial charge in [-0.1, -0.05) is 18.2 Å². The summed E-state index contributed by atoms with van der Waals surface area (Å²) in [6, 6.07) is 8.11. The van der Waals surface area contributed by atoms with E-state index in [-0.39, 0.29) is 0 Å². The predicted octanol–water partition coefficient (Wildman–Crippen LogP) is 1.68. The lowest BCUT2D eigenvalue weighted by atomic mass is 9.92. The standard InChI is InChI=1S/C13H16N4/c14-13-16-11-4-2-1-3-10(11)12(17-13)9-5-7-15-8-6-9/h1-4,9,15H,5-8H2,(H2,14,16,17). The van der Waals surface area contributed by atoms with E-state index in [1.165, 1.54) is 0 Å². The van der Waals surface area contributed by atoms with Crippen molar-refractivity contribution in [2.75, 3.05) is 18.8 Å². The molecule has 0 unspecified atom stereocenters. The highest BCUT2D eigenvalue weighted by atomic mass is 15.0. The molecule has 0 aliphatic carbocycles. The van der Waals surface area contributed by atoms with Crippen molar-refractivity contribution in [3.05, 3.63) is 30.0 Å².